The Morgan fingerprint density at radius 1 is 0.591 bits per heavy atom. The van der Waals surface area contributed by atoms with E-state index in [1.165, 1.54) is 0 Å². The summed E-state index contributed by atoms with van der Waals surface area (Å²) in [6.45, 7) is 1.71. The molecule has 22 heavy (non-hydrogen) atoms. The molecule has 4 heteroatoms. The molecule has 0 radical (unpaired) electrons. The number of rotatable bonds is 6. The van der Waals surface area contributed by atoms with Gasteiger partial charge in [-0.05, 0) is 33.4 Å². The highest BCUT2D eigenvalue weighted by atomic mass is 16.3. The summed E-state index contributed by atoms with van der Waals surface area (Å²) >= 11 is 0. The minimum absolute atomic E-state index is 0.0219. The van der Waals surface area contributed by atoms with Crippen molar-refractivity contribution in [2.45, 2.75) is 39.3 Å². The van der Waals surface area contributed by atoms with E-state index >= 15 is 0 Å². The van der Waals surface area contributed by atoms with Crippen molar-refractivity contribution < 1.29 is 20.4 Å². The summed E-state index contributed by atoms with van der Waals surface area (Å²) in [6, 6.07) is 11.2. The summed E-state index contributed by atoms with van der Waals surface area (Å²) in [5.41, 5.74) is 5.00. The maximum Gasteiger partial charge on any atom is 0.0682 e. The Balaban J connectivity index is 2.44. The Labute approximate surface area is 130 Å². The van der Waals surface area contributed by atoms with Crippen molar-refractivity contribution in [1.82, 2.24) is 0 Å². The summed E-state index contributed by atoms with van der Waals surface area (Å²) in [6.07, 6.45) is 0. The quantitative estimate of drug-likeness (QED) is 0.656. The van der Waals surface area contributed by atoms with Crippen LogP contribution in [-0.4, -0.2) is 20.4 Å². The van der Waals surface area contributed by atoms with Crippen LogP contribution in [0.1, 0.15) is 46.2 Å². The van der Waals surface area contributed by atoms with Crippen molar-refractivity contribution in [1.29, 1.82) is 0 Å². The molecule has 4 N–H and O–H groups in total. The molecule has 0 bridgehead atoms. The average Bonchev–Trinajstić information content (AvgIpc) is 2.59. The highest BCUT2D eigenvalue weighted by Gasteiger charge is 2.12. The molecule has 0 amide bonds. The number of hydrogen-bond acceptors (Lipinski definition) is 4. The van der Waals surface area contributed by atoms with Crippen LogP contribution >= 0.6 is 0 Å². The van der Waals surface area contributed by atoms with Gasteiger partial charge in [-0.15, -0.1) is 0 Å². The van der Waals surface area contributed by atoms with Crippen LogP contribution in [0.4, 0.5) is 0 Å². The van der Waals surface area contributed by atoms with Gasteiger partial charge in [0.1, 0.15) is 0 Å². The first-order valence-electron chi connectivity index (χ1n) is 7.30. The van der Waals surface area contributed by atoms with Crippen LogP contribution in [0.15, 0.2) is 36.4 Å². The largest absolute Gasteiger partial charge is 0.392 e. The van der Waals surface area contributed by atoms with Crippen LogP contribution < -0.4 is 0 Å². The molecule has 0 atom stereocenters. The van der Waals surface area contributed by atoms with E-state index in [-0.39, 0.29) is 32.3 Å². The van der Waals surface area contributed by atoms with Gasteiger partial charge in [0.2, 0.25) is 0 Å². The lowest BCUT2D eigenvalue weighted by Gasteiger charge is -2.17. The van der Waals surface area contributed by atoms with Gasteiger partial charge < -0.3 is 20.4 Å². The van der Waals surface area contributed by atoms with Gasteiger partial charge >= 0.3 is 0 Å². The molecule has 0 fully saturated rings. The van der Waals surface area contributed by atoms with Gasteiger partial charge in [-0.3, -0.25) is 0 Å². The second-order valence-corrected chi connectivity index (χ2v) is 5.52. The Morgan fingerprint density at radius 3 is 1.09 bits per heavy atom. The molecule has 0 saturated carbocycles. The third-order valence-corrected chi connectivity index (χ3v) is 3.88. The van der Waals surface area contributed by atoms with Gasteiger partial charge in [0.05, 0.1) is 26.4 Å². The molecule has 0 unspecified atom stereocenters. The van der Waals surface area contributed by atoms with Crippen molar-refractivity contribution in [2.24, 2.45) is 0 Å². The molecule has 0 aliphatic heterocycles. The maximum atomic E-state index is 9.35. The first-order chi connectivity index (χ1) is 10.6. The lowest BCUT2D eigenvalue weighted by Crippen LogP contribution is -2.02. The lowest BCUT2D eigenvalue weighted by atomic mass is 9.89. The standard InChI is InChI=1S/C18H22O4/c1-12(17-4-13(8-19)2-14(5-17)9-20)18-6-15(10-21)3-16(7-18)11-22/h2-7,12,19-22H,8-11H2,1H3. The van der Waals surface area contributed by atoms with E-state index in [1.807, 2.05) is 31.2 Å². The van der Waals surface area contributed by atoms with Crippen LogP contribution in [0.3, 0.4) is 0 Å². The Bertz CT molecular complexity index is 537. The van der Waals surface area contributed by atoms with Crippen LogP contribution in [0, 0.1) is 0 Å². The van der Waals surface area contributed by atoms with Crippen molar-refractivity contribution in [3.63, 3.8) is 0 Å². The minimum atomic E-state index is -0.0773. The summed E-state index contributed by atoms with van der Waals surface area (Å²) < 4.78 is 0. The summed E-state index contributed by atoms with van der Waals surface area (Å²) in [4.78, 5) is 0. The Kier molecular flexibility index (Phi) is 5.69. The zero-order valence-electron chi connectivity index (χ0n) is 12.7. The van der Waals surface area contributed by atoms with Crippen molar-refractivity contribution in [3.05, 3.63) is 69.8 Å². The summed E-state index contributed by atoms with van der Waals surface area (Å²) in [5.74, 6) is 0.0219. The molecular weight excluding hydrogens is 280 g/mol. The normalized spacial score (nSPS) is 11.2. The fourth-order valence-corrected chi connectivity index (χ4v) is 2.64. The third kappa shape index (κ3) is 3.72. The number of benzene rings is 2. The molecular formula is C18H22O4. The van der Waals surface area contributed by atoms with Crippen LogP contribution in [0.5, 0.6) is 0 Å². The molecule has 118 valence electrons. The van der Waals surface area contributed by atoms with Gasteiger partial charge in [-0.2, -0.15) is 0 Å². The molecule has 4 nitrogen and oxygen atoms in total. The highest BCUT2D eigenvalue weighted by Crippen LogP contribution is 2.28. The molecule has 2 aromatic rings. The van der Waals surface area contributed by atoms with Crippen LogP contribution in [-0.2, 0) is 26.4 Å². The predicted molar refractivity (Wildman–Crippen MR) is 84.1 cm³/mol. The Hall–Kier alpha value is -1.72. The van der Waals surface area contributed by atoms with Gasteiger partial charge in [-0.25, -0.2) is 0 Å². The van der Waals surface area contributed by atoms with E-state index in [2.05, 4.69) is 0 Å². The highest BCUT2D eigenvalue weighted by molar-refractivity contribution is 5.40. The molecule has 0 aliphatic rings. The summed E-state index contributed by atoms with van der Waals surface area (Å²) in [7, 11) is 0. The third-order valence-electron chi connectivity index (χ3n) is 3.88. The topological polar surface area (TPSA) is 80.9 Å². The van der Waals surface area contributed by atoms with Crippen molar-refractivity contribution >= 4 is 0 Å². The van der Waals surface area contributed by atoms with E-state index in [0.29, 0.717) is 0 Å². The van der Waals surface area contributed by atoms with Crippen LogP contribution in [0.2, 0.25) is 0 Å². The fourth-order valence-electron chi connectivity index (χ4n) is 2.64. The second kappa shape index (κ2) is 7.51. The van der Waals surface area contributed by atoms with E-state index in [1.54, 1.807) is 12.1 Å². The maximum absolute atomic E-state index is 9.35. The van der Waals surface area contributed by atoms with Crippen LogP contribution in [0.25, 0.3) is 0 Å². The monoisotopic (exact) mass is 302 g/mol. The van der Waals surface area contributed by atoms with Gasteiger partial charge in [-0.1, -0.05) is 43.3 Å². The molecule has 0 spiro atoms. The second-order valence-electron chi connectivity index (χ2n) is 5.52. The van der Waals surface area contributed by atoms with Gasteiger partial charge in [0.25, 0.3) is 0 Å². The van der Waals surface area contributed by atoms with Crippen molar-refractivity contribution in [3.8, 4) is 0 Å². The predicted octanol–water partition coefficient (Wildman–Crippen LogP) is 1.81. The lowest BCUT2D eigenvalue weighted by molar-refractivity contribution is 0.275. The zero-order valence-corrected chi connectivity index (χ0v) is 12.7. The zero-order chi connectivity index (χ0) is 16.1. The Morgan fingerprint density at radius 2 is 0.864 bits per heavy atom. The van der Waals surface area contributed by atoms with E-state index in [9.17, 15) is 20.4 Å². The van der Waals surface area contributed by atoms with E-state index in [4.69, 9.17) is 0 Å². The average molecular weight is 302 g/mol. The number of aliphatic hydroxyl groups is 4. The molecule has 2 rings (SSSR count). The first-order valence-corrected chi connectivity index (χ1v) is 7.30. The number of hydrogen-bond donors (Lipinski definition) is 4. The smallest absolute Gasteiger partial charge is 0.0682 e. The molecule has 2 aromatic carbocycles. The minimum Gasteiger partial charge on any atom is -0.392 e. The van der Waals surface area contributed by atoms with E-state index < -0.39 is 0 Å². The van der Waals surface area contributed by atoms with Gasteiger partial charge in [0.15, 0.2) is 0 Å². The SMILES string of the molecule is CC(c1cc(CO)cc(CO)c1)c1cc(CO)cc(CO)c1. The fraction of sp³-hybridized carbons (Fsp3) is 0.333. The first kappa shape index (κ1) is 16.6. The molecule has 0 heterocycles. The molecule has 0 aliphatic carbocycles. The molecule has 0 saturated heterocycles. The van der Waals surface area contributed by atoms with Gasteiger partial charge in [0, 0.05) is 5.92 Å². The molecule has 0 aromatic heterocycles. The van der Waals surface area contributed by atoms with E-state index in [0.717, 1.165) is 33.4 Å². The summed E-state index contributed by atoms with van der Waals surface area (Å²) in [5, 5.41) is 37.4. The van der Waals surface area contributed by atoms with Crippen molar-refractivity contribution in [2.75, 3.05) is 0 Å². The number of aliphatic hydroxyl groups excluding tert-OH is 4.